The van der Waals surface area contributed by atoms with Crippen molar-refractivity contribution in [3.8, 4) is 0 Å². The molecule has 0 radical (unpaired) electrons. The Bertz CT molecular complexity index is 485. The van der Waals surface area contributed by atoms with Gasteiger partial charge in [0.05, 0.1) is 22.7 Å². The molecule has 0 bridgehead atoms. The van der Waals surface area contributed by atoms with Crippen molar-refractivity contribution < 1.29 is 9.53 Å². The lowest BCUT2D eigenvalue weighted by molar-refractivity contribution is 0.0892. The molecule has 2 rings (SSSR count). The van der Waals surface area contributed by atoms with E-state index in [1.165, 1.54) is 0 Å². The van der Waals surface area contributed by atoms with E-state index in [1.807, 2.05) is 19.1 Å². The van der Waals surface area contributed by atoms with E-state index in [4.69, 9.17) is 16.3 Å². The standard InChI is InChI=1S/C15H21ClN2O2/c1-11-5-3-6-12(13(11)16)14(19)17-9-15(10-20-2)7-4-8-18-15/h3,5-6,18H,4,7-10H2,1-2H3,(H,17,19). The number of amides is 1. The molecule has 110 valence electrons. The molecular formula is C15H21ClN2O2. The number of carbonyl (C=O) groups is 1. The molecule has 1 unspecified atom stereocenters. The number of hydrogen-bond donors (Lipinski definition) is 2. The van der Waals surface area contributed by atoms with Gasteiger partial charge in [0, 0.05) is 13.7 Å². The summed E-state index contributed by atoms with van der Waals surface area (Å²) >= 11 is 6.18. The van der Waals surface area contributed by atoms with E-state index >= 15 is 0 Å². The molecule has 20 heavy (non-hydrogen) atoms. The van der Waals surface area contributed by atoms with E-state index < -0.39 is 0 Å². The first-order valence-electron chi connectivity index (χ1n) is 6.85. The van der Waals surface area contributed by atoms with Gasteiger partial charge in [-0.15, -0.1) is 0 Å². The van der Waals surface area contributed by atoms with E-state index in [2.05, 4.69) is 10.6 Å². The van der Waals surface area contributed by atoms with Crippen molar-refractivity contribution in [2.45, 2.75) is 25.3 Å². The van der Waals surface area contributed by atoms with Crippen LogP contribution in [0.3, 0.4) is 0 Å². The zero-order valence-corrected chi connectivity index (χ0v) is 12.7. The Morgan fingerprint density at radius 1 is 1.55 bits per heavy atom. The Kier molecular flexibility index (Phi) is 5.02. The van der Waals surface area contributed by atoms with Crippen LogP contribution in [0.5, 0.6) is 0 Å². The lowest BCUT2D eigenvalue weighted by atomic mass is 9.98. The Balaban J connectivity index is 2.02. The predicted octanol–water partition coefficient (Wildman–Crippen LogP) is 2.15. The van der Waals surface area contributed by atoms with Gasteiger partial charge in [-0.3, -0.25) is 4.79 Å². The largest absolute Gasteiger partial charge is 0.383 e. The molecule has 1 fully saturated rings. The Labute approximate surface area is 124 Å². The van der Waals surface area contributed by atoms with E-state index in [9.17, 15) is 4.79 Å². The van der Waals surface area contributed by atoms with Gasteiger partial charge in [-0.05, 0) is 37.9 Å². The van der Waals surface area contributed by atoms with Gasteiger partial charge in [0.1, 0.15) is 0 Å². The van der Waals surface area contributed by atoms with Gasteiger partial charge in [-0.1, -0.05) is 23.7 Å². The minimum Gasteiger partial charge on any atom is -0.383 e. The Hall–Kier alpha value is -1.10. The third-order valence-corrected chi connectivity index (χ3v) is 4.28. The lowest BCUT2D eigenvalue weighted by Crippen LogP contribution is -2.53. The highest BCUT2D eigenvalue weighted by molar-refractivity contribution is 6.34. The van der Waals surface area contributed by atoms with Gasteiger partial charge >= 0.3 is 0 Å². The van der Waals surface area contributed by atoms with Gasteiger partial charge < -0.3 is 15.4 Å². The summed E-state index contributed by atoms with van der Waals surface area (Å²) in [5.41, 5.74) is 1.28. The molecule has 1 heterocycles. The summed E-state index contributed by atoms with van der Waals surface area (Å²) in [6.07, 6.45) is 2.10. The maximum absolute atomic E-state index is 12.3. The molecule has 2 N–H and O–H groups in total. The molecule has 0 aromatic heterocycles. The SMILES string of the molecule is COCC1(CNC(=O)c2cccc(C)c2Cl)CCCN1. The first kappa shape index (κ1) is 15.3. The number of nitrogens with one attached hydrogen (secondary N) is 2. The number of methoxy groups -OCH3 is 1. The van der Waals surface area contributed by atoms with Crippen molar-refractivity contribution in [2.75, 3.05) is 26.8 Å². The average molecular weight is 297 g/mol. The molecule has 1 aliphatic heterocycles. The van der Waals surface area contributed by atoms with Crippen LogP contribution >= 0.6 is 11.6 Å². The molecule has 1 aliphatic rings. The second kappa shape index (κ2) is 6.57. The van der Waals surface area contributed by atoms with Crippen LogP contribution in [0.25, 0.3) is 0 Å². The van der Waals surface area contributed by atoms with Gasteiger partial charge in [0.15, 0.2) is 0 Å². The van der Waals surface area contributed by atoms with Crippen LogP contribution in [0.15, 0.2) is 18.2 Å². The molecule has 1 aromatic rings. The van der Waals surface area contributed by atoms with Crippen molar-refractivity contribution in [3.05, 3.63) is 34.3 Å². The van der Waals surface area contributed by atoms with E-state index in [0.717, 1.165) is 24.9 Å². The van der Waals surface area contributed by atoms with Crippen LogP contribution < -0.4 is 10.6 Å². The maximum Gasteiger partial charge on any atom is 0.252 e. The van der Waals surface area contributed by atoms with Gasteiger partial charge in [-0.25, -0.2) is 0 Å². The number of ether oxygens (including phenoxy) is 1. The zero-order chi connectivity index (χ0) is 14.6. The number of aryl methyl sites for hydroxylation is 1. The minimum atomic E-state index is -0.152. The number of carbonyl (C=O) groups excluding carboxylic acids is 1. The summed E-state index contributed by atoms with van der Waals surface area (Å²) in [5, 5.41) is 6.92. The average Bonchev–Trinajstić information content (AvgIpc) is 2.89. The monoisotopic (exact) mass is 296 g/mol. The lowest BCUT2D eigenvalue weighted by Gasteiger charge is -2.29. The van der Waals surface area contributed by atoms with Gasteiger partial charge in [0.25, 0.3) is 5.91 Å². The van der Waals surface area contributed by atoms with E-state index in [0.29, 0.717) is 23.7 Å². The molecule has 1 atom stereocenters. The number of rotatable bonds is 5. The quantitative estimate of drug-likeness (QED) is 0.875. The molecule has 5 heteroatoms. The highest BCUT2D eigenvalue weighted by Crippen LogP contribution is 2.22. The third-order valence-electron chi connectivity index (χ3n) is 3.78. The van der Waals surface area contributed by atoms with Crippen molar-refractivity contribution in [1.82, 2.24) is 10.6 Å². The molecule has 1 saturated heterocycles. The van der Waals surface area contributed by atoms with Crippen LogP contribution in [0, 0.1) is 6.92 Å². The molecule has 0 aliphatic carbocycles. The maximum atomic E-state index is 12.3. The second-order valence-corrected chi connectivity index (χ2v) is 5.74. The van der Waals surface area contributed by atoms with Crippen molar-refractivity contribution in [1.29, 1.82) is 0 Å². The van der Waals surface area contributed by atoms with Crippen LogP contribution in [-0.2, 0) is 4.74 Å². The van der Waals surface area contributed by atoms with Crippen molar-refractivity contribution >= 4 is 17.5 Å². The fourth-order valence-electron chi connectivity index (χ4n) is 2.64. The second-order valence-electron chi connectivity index (χ2n) is 5.36. The Morgan fingerprint density at radius 2 is 2.35 bits per heavy atom. The number of hydrogen-bond acceptors (Lipinski definition) is 3. The summed E-state index contributed by atoms with van der Waals surface area (Å²) < 4.78 is 5.27. The van der Waals surface area contributed by atoms with Crippen LogP contribution in [0.1, 0.15) is 28.8 Å². The fraction of sp³-hybridized carbons (Fsp3) is 0.533. The molecule has 1 aromatic carbocycles. The van der Waals surface area contributed by atoms with Crippen molar-refractivity contribution in [3.63, 3.8) is 0 Å². The zero-order valence-electron chi connectivity index (χ0n) is 12.0. The van der Waals surface area contributed by atoms with Crippen LogP contribution in [0.2, 0.25) is 5.02 Å². The molecule has 1 amide bonds. The minimum absolute atomic E-state index is 0.136. The van der Waals surface area contributed by atoms with Crippen molar-refractivity contribution in [2.24, 2.45) is 0 Å². The van der Waals surface area contributed by atoms with Gasteiger partial charge in [0.2, 0.25) is 0 Å². The predicted molar refractivity (Wildman–Crippen MR) is 80.4 cm³/mol. The van der Waals surface area contributed by atoms with Crippen LogP contribution in [0.4, 0.5) is 0 Å². The first-order valence-corrected chi connectivity index (χ1v) is 7.23. The highest BCUT2D eigenvalue weighted by Gasteiger charge is 2.33. The number of benzene rings is 1. The molecular weight excluding hydrogens is 276 g/mol. The third kappa shape index (κ3) is 3.32. The number of halogens is 1. The summed E-state index contributed by atoms with van der Waals surface area (Å²) in [6.45, 7) is 3.99. The van der Waals surface area contributed by atoms with Gasteiger partial charge in [-0.2, -0.15) is 0 Å². The summed E-state index contributed by atoms with van der Waals surface area (Å²) in [4.78, 5) is 12.3. The normalized spacial score (nSPS) is 21.9. The topological polar surface area (TPSA) is 50.4 Å². The van der Waals surface area contributed by atoms with E-state index in [-0.39, 0.29) is 11.4 Å². The molecule has 0 saturated carbocycles. The van der Waals surface area contributed by atoms with Crippen LogP contribution in [-0.4, -0.2) is 38.3 Å². The summed E-state index contributed by atoms with van der Waals surface area (Å²) in [6, 6.07) is 5.48. The Morgan fingerprint density at radius 3 is 3.00 bits per heavy atom. The molecule has 0 spiro atoms. The first-order chi connectivity index (χ1) is 9.58. The highest BCUT2D eigenvalue weighted by atomic mass is 35.5. The molecule has 4 nitrogen and oxygen atoms in total. The fourth-order valence-corrected chi connectivity index (χ4v) is 2.85. The van der Waals surface area contributed by atoms with E-state index in [1.54, 1.807) is 13.2 Å². The summed E-state index contributed by atoms with van der Waals surface area (Å²) in [7, 11) is 1.68. The summed E-state index contributed by atoms with van der Waals surface area (Å²) in [5.74, 6) is -0.136. The smallest absolute Gasteiger partial charge is 0.252 e.